The Bertz CT molecular complexity index is 473. The number of Topliss-reactive ketones (excluding diaryl/α,β-unsaturated/α-hetero) is 1. The zero-order valence-corrected chi connectivity index (χ0v) is 12.3. The number of carbonyl (C=O) groups is 2. The first-order valence-electron chi connectivity index (χ1n) is 6.14. The van der Waals surface area contributed by atoms with Crippen molar-refractivity contribution in [3.05, 3.63) is 30.3 Å². The number of ketones is 1. The molecule has 1 aromatic rings. The van der Waals surface area contributed by atoms with Gasteiger partial charge in [-0.05, 0) is 19.1 Å². The van der Waals surface area contributed by atoms with E-state index in [9.17, 15) is 9.59 Å². The molecule has 0 atom stereocenters. The molecule has 20 heavy (non-hydrogen) atoms. The Morgan fingerprint density at radius 3 is 2.55 bits per heavy atom. The van der Waals surface area contributed by atoms with Crippen molar-refractivity contribution in [1.82, 2.24) is 0 Å². The average molecular weight is 295 g/mol. The second kappa shape index (κ2) is 9.14. The minimum absolute atomic E-state index is 0.00647. The van der Waals surface area contributed by atoms with Crippen LogP contribution in [0.5, 0.6) is 0 Å². The smallest absolute Gasteiger partial charge is 0.356 e. The summed E-state index contributed by atoms with van der Waals surface area (Å²) in [6.07, 6.45) is -0.0908. The van der Waals surface area contributed by atoms with Gasteiger partial charge in [-0.1, -0.05) is 23.4 Å². The van der Waals surface area contributed by atoms with E-state index in [4.69, 9.17) is 4.74 Å². The number of carbonyl (C=O) groups excluding carboxylic acids is 2. The molecule has 0 bridgehead atoms. The van der Waals surface area contributed by atoms with Crippen LogP contribution >= 0.6 is 11.8 Å². The number of thioether (sulfide) groups is 1. The van der Waals surface area contributed by atoms with Gasteiger partial charge in [0.15, 0.2) is 5.71 Å². The molecule has 0 radical (unpaired) electrons. The lowest BCUT2D eigenvalue weighted by molar-refractivity contribution is -0.135. The molecule has 0 saturated carbocycles. The zero-order valence-electron chi connectivity index (χ0n) is 11.5. The Hall–Kier alpha value is -1.82. The standard InChI is InChI=1S/C14H17NO4S/c1-3-19-14(17)13(15-18-2)9-11(16)10-20-12-7-5-4-6-8-12/h4-8H,3,9-10H2,1-2H3. The molecule has 0 aliphatic carbocycles. The Labute approximate surface area is 122 Å². The molecule has 5 nitrogen and oxygen atoms in total. The van der Waals surface area contributed by atoms with Gasteiger partial charge < -0.3 is 9.57 Å². The lowest BCUT2D eigenvalue weighted by Gasteiger charge is -2.05. The third-order valence-corrected chi connectivity index (χ3v) is 3.29. The van der Waals surface area contributed by atoms with Gasteiger partial charge in [-0.15, -0.1) is 11.8 Å². The van der Waals surface area contributed by atoms with Crippen molar-refractivity contribution in [3.63, 3.8) is 0 Å². The molecule has 0 saturated heterocycles. The predicted molar refractivity (Wildman–Crippen MR) is 77.9 cm³/mol. The van der Waals surface area contributed by atoms with Crippen molar-refractivity contribution in [1.29, 1.82) is 0 Å². The number of ether oxygens (including phenoxy) is 1. The number of esters is 1. The molecule has 0 aliphatic rings. The lowest BCUT2D eigenvalue weighted by Crippen LogP contribution is -2.22. The summed E-state index contributed by atoms with van der Waals surface area (Å²) in [4.78, 5) is 29.0. The van der Waals surface area contributed by atoms with Crippen LogP contribution in [0.4, 0.5) is 0 Å². The van der Waals surface area contributed by atoms with Gasteiger partial charge in [0.1, 0.15) is 12.9 Å². The minimum atomic E-state index is -0.618. The zero-order chi connectivity index (χ0) is 14.8. The largest absolute Gasteiger partial charge is 0.461 e. The minimum Gasteiger partial charge on any atom is -0.461 e. The topological polar surface area (TPSA) is 65.0 Å². The molecule has 0 heterocycles. The molecule has 1 rings (SSSR count). The van der Waals surface area contributed by atoms with Crippen LogP contribution in [-0.4, -0.2) is 36.9 Å². The highest BCUT2D eigenvalue weighted by atomic mass is 32.2. The highest BCUT2D eigenvalue weighted by Gasteiger charge is 2.18. The van der Waals surface area contributed by atoms with Crippen LogP contribution in [0.2, 0.25) is 0 Å². The maximum atomic E-state index is 11.8. The van der Waals surface area contributed by atoms with Crippen molar-refractivity contribution in [2.24, 2.45) is 5.16 Å². The van der Waals surface area contributed by atoms with Crippen LogP contribution < -0.4 is 0 Å². The molecule has 0 unspecified atom stereocenters. The molecule has 0 aliphatic heterocycles. The predicted octanol–water partition coefficient (Wildman–Crippen LogP) is 2.30. The number of nitrogens with zero attached hydrogens (tertiary/aromatic N) is 1. The molecule has 0 fully saturated rings. The highest BCUT2D eigenvalue weighted by molar-refractivity contribution is 8.00. The van der Waals surface area contributed by atoms with E-state index in [1.807, 2.05) is 30.3 Å². The van der Waals surface area contributed by atoms with E-state index in [1.54, 1.807) is 6.92 Å². The SMILES string of the molecule is CCOC(=O)C(CC(=O)CSc1ccccc1)=NOC. The molecule has 0 amide bonds. The summed E-state index contributed by atoms with van der Waals surface area (Å²) in [7, 11) is 1.32. The van der Waals surface area contributed by atoms with E-state index in [2.05, 4.69) is 9.99 Å². The summed E-state index contributed by atoms with van der Waals surface area (Å²) < 4.78 is 4.81. The third-order valence-electron chi connectivity index (χ3n) is 2.22. The molecule has 0 aromatic heterocycles. The summed E-state index contributed by atoms with van der Waals surface area (Å²) in [5.41, 5.74) is -0.00647. The Morgan fingerprint density at radius 2 is 1.95 bits per heavy atom. The maximum Gasteiger partial charge on any atom is 0.356 e. The molecular formula is C14H17NO4S. The summed E-state index contributed by atoms with van der Waals surface area (Å²) >= 11 is 1.42. The maximum absolute atomic E-state index is 11.8. The number of rotatable bonds is 8. The molecule has 1 aromatic carbocycles. The van der Waals surface area contributed by atoms with Gasteiger partial charge in [0, 0.05) is 4.90 Å². The molecule has 6 heteroatoms. The fourth-order valence-corrected chi connectivity index (χ4v) is 2.16. The van der Waals surface area contributed by atoms with Crippen LogP contribution in [0, 0.1) is 0 Å². The monoisotopic (exact) mass is 295 g/mol. The summed E-state index contributed by atoms with van der Waals surface area (Å²) in [5, 5.41) is 3.55. The molecular weight excluding hydrogens is 278 g/mol. The van der Waals surface area contributed by atoms with Gasteiger partial charge in [0.05, 0.1) is 18.8 Å². The van der Waals surface area contributed by atoms with E-state index >= 15 is 0 Å². The lowest BCUT2D eigenvalue weighted by atomic mass is 10.2. The first-order valence-corrected chi connectivity index (χ1v) is 7.12. The fraction of sp³-hybridized carbons (Fsp3) is 0.357. The van der Waals surface area contributed by atoms with Crippen LogP contribution in [0.15, 0.2) is 40.4 Å². The molecule has 0 spiro atoms. The first-order chi connectivity index (χ1) is 9.67. The van der Waals surface area contributed by atoms with E-state index < -0.39 is 5.97 Å². The van der Waals surface area contributed by atoms with E-state index in [0.717, 1.165) is 4.90 Å². The van der Waals surface area contributed by atoms with Crippen LogP contribution in [0.3, 0.4) is 0 Å². The number of oxime groups is 1. The summed E-state index contributed by atoms with van der Waals surface area (Å²) in [5.74, 6) is -0.457. The Kier molecular flexibility index (Phi) is 7.42. The molecule has 108 valence electrons. The van der Waals surface area contributed by atoms with Gasteiger partial charge in [0.25, 0.3) is 0 Å². The van der Waals surface area contributed by atoms with Crippen LogP contribution in [-0.2, 0) is 19.2 Å². The van der Waals surface area contributed by atoms with E-state index in [-0.39, 0.29) is 30.3 Å². The van der Waals surface area contributed by atoms with E-state index in [0.29, 0.717) is 0 Å². The third kappa shape index (κ3) is 5.88. The van der Waals surface area contributed by atoms with Gasteiger partial charge in [-0.25, -0.2) is 4.79 Å². The fourth-order valence-electron chi connectivity index (χ4n) is 1.38. The second-order valence-electron chi connectivity index (χ2n) is 3.76. The van der Waals surface area contributed by atoms with Gasteiger partial charge in [-0.3, -0.25) is 4.79 Å². The number of benzene rings is 1. The van der Waals surface area contributed by atoms with Crippen LogP contribution in [0.1, 0.15) is 13.3 Å². The van der Waals surface area contributed by atoms with Crippen molar-refractivity contribution < 1.29 is 19.2 Å². The van der Waals surface area contributed by atoms with Crippen molar-refractivity contribution >= 4 is 29.2 Å². The molecule has 0 N–H and O–H groups in total. The first kappa shape index (κ1) is 16.2. The van der Waals surface area contributed by atoms with Crippen LogP contribution in [0.25, 0.3) is 0 Å². The normalized spacial score (nSPS) is 11.0. The van der Waals surface area contributed by atoms with E-state index in [1.165, 1.54) is 18.9 Å². The van der Waals surface area contributed by atoms with Crippen molar-refractivity contribution in [2.45, 2.75) is 18.2 Å². The highest BCUT2D eigenvalue weighted by Crippen LogP contribution is 2.17. The van der Waals surface area contributed by atoms with Crippen molar-refractivity contribution in [2.75, 3.05) is 19.5 Å². The summed E-state index contributed by atoms with van der Waals surface area (Å²) in [6, 6.07) is 9.57. The number of hydrogen-bond acceptors (Lipinski definition) is 6. The summed E-state index contributed by atoms with van der Waals surface area (Å²) in [6.45, 7) is 1.92. The van der Waals surface area contributed by atoms with Gasteiger partial charge >= 0.3 is 5.97 Å². The van der Waals surface area contributed by atoms with Gasteiger partial charge in [0.2, 0.25) is 0 Å². The Morgan fingerprint density at radius 1 is 1.25 bits per heavy atom. The Balaban J connectivity index is 2.50. The second-order valence-corrected chi connectivity index (χ2v) is 4.81. The van der Waals surface area contributed by atoms with Gasteiger partial charge in [-0.2, -0.15) is 0 Å². The average Bonchev–Trinajstić information content (AvgIpc) is 2.46. The quantitative estimate of drug-likeness (QED) is 0.319. The number of hydrogen-bond donors (Lipinski definition) is 0. The van der Waals surface area contributed by atoms with Crippen molar-refractivity contribution in [3.8, 4) is 0 Å².